The van der Waals surface area contributed by atoms with Crippen LogP contribution in [0.5, 0.6) is 0 Å². The number of aromatic nitrogens is 1. The number of amides is 2. The fourth-order valence-corrected chi connectivity index (χ4v) is 4.31. The number of benzene rings is 3. The second kappa shape index (κ2) is 10.9. The third-order valence-electron chi connectivity index (χ3n) is 5.28. The summed E-state index contributed by atoms with van der Waals surface area (Å²) in [5, 5.41) is 5.27. The highest BCUT2D eigenvalue weighted by Crippen LogP contribution is 2.29. The minimum atomic E-state index is -0.322. The van der Waals surface area contributed by atoms with Crippen molar-refractivity contribution in [2.24, 2.45) is 0 Å². The number of rotatable bonds is 8. The van der Waals surface area contributed by atoms with E-state index in [4.69, 9.17) is 4.98 Å². The number of halogens is 1. The lowest BCUT2D eigenvalue weighted by Crippen LogP contribution is -2.30. The van der Waals surface area contributed by atoms with E-state index in [1.165, 1.54) is 30.4 Å². The SMILES string of the molecule is CC(=O)NCCc1ccc(C(=O)N(Cc2ccc(F)cc2)c2nc(-c3ccccc3)cs2)cc1. The van der Waals surface area contributed by atoms with Gasteiger partial charge >= 0.3 is 0 Å². The Morgan fingerprint density at radius 3 is 2.29 bits per heavy atom. The second-order valence-electron chi connectivity index (χ2n) is 7.83. The van der Waals surface area contributed by atoms with Gasteiger partial charge in [0.05, 0.1) is 12.2 Å². The molecule has 0 unspecified atom stereocenters. The largest absolute Gasteiger partial charge is 0.356 e. The molecule has 0 saturated carbocycles. The van der Waals surface area contributed by atoms with Crippen molar-refractivity contribution in [3.8, 4) is 11.3 Å². The standard InChI is InChI=1S/C27H24FN3O2S/c1-19(32)29-16-15-20-7-11-23(12-8-20)26(33)31(17-21-9-13-24(28)14-10-21)27-30-25(18-34-27)22-5-3-2-4-6-22/h2-14,18H,15-17H2,1H3,(H,29,32). The van der Waals surface area contributed by atoms with Crippen LogP contribution in [0.3, 0.4) is 0 Å². The van der Waals surface area contributed by atoms with Gasteiger partial charge in [0.2, 0.25) is 5.91 Å². The molecule has 3 aromatic carbocycles. The van der Waals surface area contributed by atoms with Crippen molar-refractivity contribution in [3.63, 3.8) is 0 Å². The van der Waals surface area contributed by atoms with Crippen LogP contribution in [0.15, 0.2) is 84.2 Å². The van der Waals surface area contributed by atoms with Crippen molar-refractivity contribution >= 4 is 28.3 Å². The highest BCUT2D eigenvalue weighted by Gasteiger charge is 2.22. The lowest BCUT2D eigenvalue weighted by atomic mass is 10.1. The first-order chi connectivity index (χ1) is 16.5. The molecule has 4 rings (SSSR count). The molecular formula is C27H24FN3O2S. The Balaban J connectivity index is 1.59. The van der Waals surface area contributed by atoms with Gasteiger partial charge in [-0.15, -0.1) is 11.3 Å². The van der Waals surface area contributed by atoms with Crippen molar-refractivity contribution in [2.45, 2.75) is 19.9 Å². The van der Waals surface area contributed by atoms with E-state index in [9.17, 15) is 14.0 Å². The predicted molar refractivity (Wildman–Crippen MR) is 133 cm³/mol. The molecule has 34 heavy (non-hydrogen) atoms. The van der Waals surface area contributed by atoms with E-state index in [1.54, 1.807) is 29.2 Å². The molecule has 1 aromatic heterocycles. The van der Waals surface area contributed by atoms with Crippen molar-refractivity contribution in [1.82, 2.24) is 10.3 Å². The Hall–Kier alpha value is -3.84. The van der Waals surface area contributed by atoms with Gasteiger partial charge < -0.3 is 5.32 Å². The minimum Gasteiger partial charge on any atom is -0.356 e. The predicted octanol–water partition coefficient (Wildman–Crippen LogP) is 5.47. The third kappa shape index (κ3) is 5.94. The smallest absolute Gasteiger partial charge is 0.260 e. The molecule has 4 aromatic rings. The maximum atomic E-state index is 13.5. The number of carbonyl (C=O) groups excluding carboxylic acids is 2. The fourth-order valence-electron chi connectivity index (χ4n) is 3.48. The Kier molecular flexibility index (Phi) is 7.44. The Labute approximate surface area is 201 Å². The molecular weight excluding hydrogens is 449 g/mol. The lowest BCUT2D eigenvalue weighted by molar-refractivity contribution is -0.118. The summed E-state index contributed by atoms with van der Waals surface area (Å²) >= 11 is 1.39. The highest BCUT2D eigenvalue weighted by molar-refractivity contribution is 7.14. The number of nitrogens with one attached hydrogen (secondary N) is 1. The van der Waals surface area contributed by atoms with Crippen LogP contribution >= 0.6 is 11.3 Å². The summed E-state index contributed by atoms with van der Waals surface area (Å²) in [5.74, 6) is -0.578. The van der Waals surface area contributed by atoms with E-state index >= 15 is 0 Å². The number of hydrogen-bond donors (Lipinski definition) is 1. The van der Waals surface area contributed by atoms with Crippen LogP contribution in [0.25, 0.3) is 11.3 Å². The second-order valence-corrected chi connectivity index (χ2v) is 8.67. The molecule has 0 atom stereocenters. The quantitative estimate of drug-likeness (QED) is 0.369. The number of hydrogen-bond acceptors (Lipinski definition) is 4. The van der Waals surface area contributed by atoms with Gasteiger partial charge in [-0.25, -0.2) is 9.37 Å². The normalized spacial score (nSPS) is 10.6. The molecule has 0 bridgehead atoms. The van der Waals surface area contributed by atoms with Gasteiger partial charge in [0, 0.05) is 30.0 Å². The van der Waals surface area contributed by atoms with E-state index in [2.05, 4.69) is 5.32 Å². The Morgan fingerprint density at radius 2 is 1.62 bits per heavy atom. The first-order valence-electron chi connectivity index (χ1n) is 10.9. The average molecular weight is 474 g/mol. The van der Waals surface area contributed by atoms with Gasteiger partial charge in [-0.05, 0) is 41.8 Å². The molecule has 172 valence electrons. The lowest BCUT2D eigenvalue weighted by Gasteiger charge is -2.20. The number of anilines is 1. The molecule has 1 heterocycles. The van der Waals surface area contributed by atoms with Gasteiger partial charge in [-0.1, -0.05) is 54.6 Å². The molecule has 2 amide bonds. The van der Waals surface area contributed by atoms with Gasteiger partial charge in [0.15, 0.2) is 5.13 Å². The number of nitrogens with zero attached hydrogens (tertiary/aromatic N) is 2. The van der Waals surface area contributed by atoms with Gasteiger partial charge in [0.1, 0.15) is 5.82 Å². The van der Waals surface area contributed by atoms with Crippen LogP contribution in [0.2, 0.25) is 0 Å². The number of thiazole rings is 1. The summed E-state index contributed by atoms with van der Waals surface area (Å²) in [7, 11) is 0. The first kappa shape index (κ1) is 23.3. The number of carbonyl (C=O) groups is 2. The van der Waals surface area contributed by atoms with Crippen LogP contribution in [0.4, 0.5) is 9.52 Å². The van der Waals surface area contributed by atoms with E-state index in [-0.39, 0.29) is 24.2 Å². The summed E-state index contributed by atoms with van der Waals surface area (Å²) in [6, 6.07) is 23.3. The summed E-state index contributed by atoms with van der Waals surface area (Å²) in [6.07, 6.45) is 0.681. The topological polar surface area (TPSA) is 62.3 Å². The van der Waals surface area contributed by atoms with Crippen LogP contribution in [-0.4, -0.2) is 23.3 Å². The summed E-state index contributed by atoms with van der Waals surface area (Å²) < 4.78 is 13.4. The minimum absolute atomic E-state index is 0.0680. The van der Waals surface area contributed by atoms with E-state index in [0.29, 0.717) is 23.7 Å². The van der Waals surface area contributed by atoms with Gasteiger partial charge in [-0.3, -0.25) is 14.5 Å². The van der Waals surface area contributed by atoms with Crippen LogP contribution in [0.1, 0.15) is 28.4 Å². The van der Waals surface area contributed by atoms with E-state index < -0.39 is 0 Å². The van der Waals surface area contributed by atoms with Crippen LogP contribution in [0, 0.1) is 5.82 Å². The van der Waals surface area contributed by atoms with E-state index in [0.717, 1.165) is 22.4 Å². The average Bonchev–Trinajstić information content (AvgIpc) is 3.34. The summed E-state index contributed by atoms with van der Waals surface area (Å²) in [6.45, 7) is 2.30. The van der Waals surface area contributed by atoms with Crippen molar-refractivity contribution in [1.29, 1.82) is 0 Å². The van der Waals surface area contributed by atoms with Crippen molar-refractivity contribution in [2.75, 3.05) is 11.4 Å². The highest BCUT2D eigenvalue weighted by atomic mass is 32.1. The van der Waals surface area contributed by atoms with Crippen LogP contribution in [-0.2, 0) is 17.8 Å². The maximum absolute atomic E-state index is 13.5. The van der Waals surface area contributed by atoms with Crippen molar-refractivity contribution < 1.29 is 14.0 Å². The molecule has 5 nitrogen and oxygen atoms in total. The molecule has 0 saturated heterocycles. The molecule has 0 aliphatic carbocycles. The Morgan fingerprint density at radius 1 is 0.941 bits per heavy atom. The summed E-state index contributed by atoms with van der Waals surface area (Å²) in [5.41, 5.74) is 4.13. The van der Waals surface area contributed by atoms with E-state index in [1.807, 2.05) is 47.8 Å². The monoisotopic (exact) mass is 473 g/mol. The molecule has 7 heteroatoms. The van der Waals surface area contributed by atoms with Crippen molar-refractivity contribution in [3.05, 3.63) is 107 Å². The molecule has 1 N–H and O–H groups in total. The third-order valence-corrected chi connectivity index (χ3v) is 6.14. The fraction of sp³-hybridized carbons (Fsp3) is 0.148. The zero-order chi connectivity index (χ0) is 23.9. The molecule has 0 aliphatic rings. The molecule has 0 aliphatic heterocycles. The summed E-state index contributed by atoms with van der Waals surface area (Å²) in [4.78, 5) is 30.9. The van der Waals surface area contributed by atoms with Crippen LogP contribution < -0.4 is 10.2 Å². The Bertz CT molecular complexity index is 1260. The molecule has 0 fully saturated rings. The van der Waals surface area contributed by atoms with Gasteiger partial charge in [-0.2, -0.15) is 0 Å². The zero-order valence-electron chi connectivity index (χ0n) is 18.7. The van der Waals surface area contributed by atoms with Gasteiger partial charge in [0.25, 0.3) is 5.91 Å². The maximum Gasteiger partial charge on any atom is 0.260 e. The molecule has 0 spiro atoms. The first-order valence-corrected chi connectivity index (χ1v) is 11.8. The molecule has 0 radical (unpaired) electrons. The zero-order valence-corrected chi connectivity index (χ0v) is 19.5.